The second-order valence-electron chi connectivity index (χ2n) is 8.66. The number of aldehydes is 1. The number of unbranched alkanes of at least 4 members (excludes halogenated alkanes) is 9. The van der Waals surface area contributed by atoms with Crippen molar-refractivity contribution in [3.05, 3.63) is 17.9 Å². The van der Waals surface area contributed by atoms with Crippen LogP contribution in [-0.4, -0.2) is 14.4 Å². The molecule has 0 fully saturated rings. The molecule has 0 N–H and O–H groups in total. The van der Waals surface area contributed by atoms with E-state index in [1.807, 2.05) is 6.26 Å². The van der Waals surface area contributed by atoms with Gasteiger partial charge in [0.1, 0.15) is 14.4 Å². The van der Waals surface area contributed by atoms with E-state index in [0.717, 1.165) is 12.7 Å². The van der Waals surface area contributed by atoms with Crippen molar-refractivity contribution in [3.63, 3.8) is 0 Å². The molecular weight excluding hydrogens is 360 g/mol. The van der Waals surface area contributed by atoms with Crippen molar-refractivity contribution in [2.75, 3.05) is 0 Å². The Hall–Kier alpha value is -0.833. The quantitative estimate of drug-likeness (QED) is 0.140. The van der Waals surface area contributed by atoms with Gasteiger partial charge >= 0.3 is 0 Å². The lowest BCUT2D eigenvalue weighted by Crippen LogP contribution is -2.44. The molecule has 0 saturated carbocycles. The van der Waals surface area contributed by atoms with Gasteiger partial charge in [-0.1, -0.05) is 110 Å². The molecule has 28 heavy (non-hydrogen) atoms. The molecule has 1 heterocycles. The summed E-state index contributed by atoms with van der Waals surface area (Å²) in [4.78, 5) is 11.2. The van der Waals surface area contributed by atoms with Crippen LogP contribution in [0.4, 0.5) is 0 Å². The molecule has 0 saturated heterocycles. The zero-order valence-electron chi connectivity index (χ0n) is 19.2. The van der Waals surface area contributed by atoms with Crippen molar-refractivity contribution in [1.82, 2.24) is 0 Å². The van der Waals surface area contributed by atoms with Gasteiger partial charge in [-0.3, -0.25) is 0 Å². The van der Waals surface area contributed by atoms with Gasteiger partial charge in [-0.25, -0.2) is 0 Å². The molecule has 1 aromatic heterocycles. The van der Waals surface area contributed by atoms with Crippen LogP contribution in [0.3, 0.4) is 0 Å². The monoisotopic (exact) mass is 406 g/mol. The van der Waals surface area contributed by atoms with Crippen LogP contribution in [0.5, 0.6) is 0 Å². The lowest BCUT2D eigenvalue weighted by molar-refractivity contribution is -0.108. The van der Waals surface area contributed by atoms with Crippen molar-refractivity contribution < 1.29 is 9.21 Å². The maximum atomic E-state index is 11.2. The highest BCUT2D eigenvalue weighted by atomic mass is 28.3. The molecule has 0 bridgehead atoms. The van der Waals surface area contributed by atoms with Crippen molar-refractivity contribution in [3.8, 4) is 0 Å². The van der Waals surface area contributed by atoms with Crippen LogP contribution in [0.15, 0.2) is 16.7 Å². The molecule has 0 radical (unpaired) electrons. The van der Waals surface area contributed by atoms with E-state index in [-0.39, 0.29) is 0 Å². The highest BCUT2D eigenvalue weighted by molar-refractivity contribution is 6.90. The first-order chi connectivity index (χ1) is 13.7. The Morgan fingerprint density at radius 2 is 1.39 bits per heavy atom. The summed E-state index contributed by atoms with van der Waals surface area (Å²) in [5.41, 5.74) is 1.27. The Morgan fingerprint density at radius 1 is 0.857 bits per heavy atom. The van der Waals surface area contributed by atoms with Gasteiger partial charge in [0.25, 0.3) is 0 Å². The summed E-state index contributed by atoms with van der Waals surface area (Å²) in [5, 5.41) is 1.26. The lowest BCUT2D eigenvalue weighted by atomic mass is 9.92. The molecule has 0 amide bonds. The first kappa shape index (κ1) is 25.2. The van der Waals surface area contributed by atoms with E-state index in [4.69, 9.17) is 4.42 Å². The molecule has 0 aromatic carbocycles. The zero-order chi connectivity index (χ0) is 20.7. The van der Waals surface area contributed by atoms with E-state index < -0.39 is 8.07 Å². The Bertz CT molecular complexity index is 496. The minimum Gasteiger partial charge on any atom is -0.474 e. The van der Waals surface area contributed by atoms with Crippen molar-refractivity contribution in [2.24, 2.45) is 0 Å². The summed E-state index contributed by atoms with van der Waals surface area (Å²) >= 11 is 0. The number of carbonyl (C=O) groups is 1. The third-order valence-electron chi connectivity index (χ3n) is 6.93. The molecular formula is C25H46O2Si. The minimum atomic E-state index is -1.46. The maximum absolute atomic E-state index is 11.2. The molecule has 0 aliphatic carbocycles. The highest BCUT2D eigenvalue weighted by Gasteiger charge is 2.33. The molecule has 2 nitrogen and oxygen atoms in total. The predicted octanol–water partition coefficient (Wildman–Crippen LogP) is 7.98. The molecule has 0 spiro atoms. The van der Waals surface area contributed by atoms with Crippen LogP contribution < -0.4 is 5.38 Å². The molecule has 1 aromatic rings. The summed E-state index contributed by atoms with van der Waals surface area (Å²) in [6.07, 6.45) is 18.4. The van der Waals surface area contributed by atoms with E-state index in [9.17, 15) is 4.79 Å². The van der Waals surface area contributed by atoms with Crippen LogP contribution in [0.2, 0.25) is 18.1 Å². The topological polar surface area (TPSA) is 30.2 Å². The summed E-state index contributed by atoms with van der Waals surface area (Å²) in [5.74, 6) is 0.348. The standard InChI is InChI=1S/C25H46O2Si/c1-5-9-10-11-12-13-14-15-16-17-18-23(19-20-26)24-21-25(27-22-24)28(6-2,7-3)8-4/h20-23H,5-19H2,1-4H3. The lowest BCUT2D eigenvalue weighted by Gasteiger charge is -2.24. The van der Waals surface area contributed by atoms with Gasteiger partial charge in [-0.2, -0.15) is 0 Å². The van der Waals surface area contributed by atoms with Crippen LogP contribution in [-0.2, 0) is 4.79 Å². The van der Waals surface area contributed by atoms with Gasteiger partial charge in [-0.15, -0.1) is 0 Å². The third kappa shape index (κ3) is 8.27. The summed E-state index contributed by atoms with van der Waals surface area (Å²) in [7, 11) is -1.46. The second kappa shape index (κ2) is 15.1. The van der Waals surface area contributed by atoms with E-state index in [2.05, 4.69) is 33.8 Å². The Balaban J connectivity index is 2.40. The van der Waals surface area contributed by atoms with Crippen molar-refractivity contribution >= 4 is 19.7 Å². The van der Waals surface area contributed by atoms with E-state index in [1.165, 1.54) is 93.3 Å². The number of hydrogen-bond donors (Lipinski definition) is 0. The van der Waals surface area contributed by atoms with Gasteiger partial charge in [0, 0.05) is 6.42 Å². The average Bonchev–Trinajstić information content (AvgIpc) is 3.21. The number of carbonyl (C=O) groups excluding carboxylic acids is 1. The van der Waals surface area contributed by atoms with E-state index in [1.54, 1.807) is 0 Å². The van der Waals surface area contributed by atoms with Crippen LogP contribution in [0.25, 0.3) is 0 Å². The molecule has 162 valence electrons. The van der Waals surface area contributed by atoms with Crippen molar-refractivity contribution in [2.45, 2.75) is 129 Å². The summed E-state index contributed by atoms with van der Waals surface area (Å²) in [6.45, 7) is 9.22. The molecule has 1 rings (SSSR count). The fraction of sp³-hybridized carbons (Fsp3) is 0.800. The zero-order valence-corrected chi connectivity index (χ0v) is 20.2. The molecule has 1 unspecified atom stereocenters. The van der Waals surface area contributed by atoms with Crippen LogP contribution >= 0.6 is 0 Å². The fourth-order valence-corrected chi connectivity index (χ4v) is 7.86. The Kier molecular flexibility index (Phi) is 13.6. The number of furan rings is 1. The van der Waals surface area contributed by atoms with Gasteiger partial charge in [-0.05, 0) is 24.0 Å². The maximum Gasteiger partial charge on any atom is 0.131 e. The minimum absolute atomic E-state index is 0.348. The normalized spacial score (nSPS) is 13.0. The molecule has 0 aliphatic rings. The van der Waals surface area contributed by atoms with Crippen LogP contribution in [0.1, 0.15) is 116 Å². The summed E-state index contributed by atoms with van der Waals surface area (Å²) in [6, 6.07) is 6.03. The first-order valence-electron chi connectivity index (χ1n) is 12.2. The fourth-order valence-electron chi connectivity index (χ4n) is 4.53. The average molecular weight is 407 g/mol. The van der Waals surface area contributed by atoms with Gasteiger partial charge < -0.3 is 9.21 Å². The third-order valence-corrected chi connectivity index (χ3v) is 12.3. The van der Waals surface area contributed by atoms with Gasteiger partial charge in [0.15, 0.2) is 0 Å². The molecule has 1 atom stereocenters. The van der Waals surface area contributed by atoms with E-state index in [0.29, 0.717) is 12.3 Å². The number of hydrogen-bond acceptors (Lipinski definition) is 2. The Labute approximate surface area is 175 Å². The number of rotatable bonds is 18. The molecule has 0 aliphatic heterocycles. The predicted molar refractivity (Wildman–Crippen MR) is 125 cm³/mol. The van der Waals surface area contributed by atoms with Gasteiger partial charge in [0.2, 0.25) is 0 Å². The molecule has 3 heteroatoms. The largest absolute Gasteiger partial charge is 0.474 e. The highest BCUT2D eigenvalue weighted by Crippen LogP contribution is 2.28. The Morgan fingerprint density at radius 3 is 1.89 bits per heavy atom. The summed E-state index contributed by atoms with van der Waals surface area (Å²) < 4.78 is 6.08. The second-order valence-corrected chi connectivity index (χ2v) is 13.8. The first-order valence-corrected chi connectivity index (χ1v) is 14.8. The van der Waals surface area contributed by atoms with E-state index >= 15 is 0 Å². The smallest absolute Gasteiger partial charge is 0.131 e. The SMILES string of the molecule is CCCCCCCCCCCCC(CC=O)c1coc([Si](CC)(CC)CC)c1. The van der Waals surface area contributed by atoms with Crippen molar-refractivity contribution in [1.29, 1.82) is 0 Å². The van der Waals surface area contributed by atoms with Crippen LogP contribution in [0, 0.1) is 0 Å². The van der Waals surface area contributed by atoms with Gasteiger partial charge in [0.05, 0.1) is 11.6 Å².